The van der Waals surface area contributed by atoms with Crippen LogP contribution in [0.1, 0.15) is 12.8 Å². The number of nitrogens with zero attached hydrogens (tertiary/aromatic N) is 3. The summed E-state index contributed by atoms with van der Waals surface area (Å²) in [6, 6.07) is 11.1. The van der Waals surface area contributed by atoms with Crippen LogP contribution in [0.4, 0.5) is 10.3 Å². The Hall–Kier alpha value is -3.00. The normalized spacial score (nSPS) is 15.9. The maximum absolute atomic E-state index is 14.7. The summed E-state index contributed by atoms with van der Waals surface area (Å²) < 4.78 is 31.3. The molecule has 1 aromatic heterocycles. The fourth-order valence-electron chi connectivity index (χ4n) is 3.96. The van der Waals surface area contributed by atoms with Gasteiger partial charge < -0.3 is 19.1 Å². The molecule has 0 bridgehead atoms. The zero-order valence-electron chi connectivity index (χ0n) is 17.8. The highest BCUT2D eigenvalue weighted by atomic mass is 32.2. The van der Waals surface area contributed by atoms with Crippen molar-refractivity contribution in [3.8, 4) is 28.4 Å². The van der Waals surface area contributed by atoms with Gasteiger partial charge in [-0.1, -0.05) is 23.9 Å². The predicted octanol–water partition coefficient (Wildman–Crippen LogP) is 5.03. The van der Waals surface area contributed by atoms with Gasteiger partial charge in [0.2, 0.25) is 5.95 Å². The van der Waals surface area contributed by atoms with Crippen molar-refractivity contribution in [1.29, 1.82) is 0 Å². The molecule has 0 radical (unpaired) electrons. The van der Waals surface area contributed by atoms with Gasteiger partial charge in [-0.2, -0.15) is 0 Å². The Bertz CT molecular complexity index is 1090. The maximum atomic E-state index is 14.7. The minimum Gasteiger partial charge on any atom is -0.494 e. The van der Waals surface area contributed by atoms with Crippen LogP contribution in [0, 0.1) is 11.7 Å². The highest BCUT2D eigenvalue weighted by Gasteiger charge is 2.22. The van der Waals surface area contributed by atoms with Crippen LogP contribution >= 0.6 is 11.8 Å². The van der Waals surface area contributed by atoms with Crippen molar-refractivity contribution in [2.24, 2.45) is 5.92 Å². The zero-order chi connectivity index (χ0) is 21.9. The van der Waals surface area contributed by atoms with Crippen LogP contribution in [-0.4, -0.2) is 42.7 Å². The molecule has 2 aromatic carbocycles. The number of benzene rings is 2. The van der Waals surface area contributed by atoms with E-state index in [1.807, 2.05) is 24.3 Å². The number of thioether (sulfide) groups is 1. The van der Waals surface area contributed by atoms with Crippen LogP contribution in [0.15, 0.2) is 53.7 Å². The monoisotopic (exact) mass is 453 g/mol. The van der Waals surface area contributed by atoms with Crippen LogP contribution in [0.5, 0.6) is 17.2 Å². The number of methoxy groups -OCH3 is 1. The van der Waals surface area contributed by atoms with Gasteiger partial charge in [0, 0.05) is 13.1 Å². The lowest BCUT2D eigenvalue weighted by Crippen LogP contribution is -2.36. The SMILES string of the molecule is COc1cnc(N2CCC(COc3ccc(-c4ccc5c(c4)OCS5)cc3F)CC2)nc1. The first kappa shape index (κ1) is 20.9. The molecule has 0 amide bonds. The van der Waals surface area contributed by atoms with E-state index in [0.29, 0.717) is 35.9 Å². The Morgan fingerprint density at radius 3 is 2.59 bits per heavy atom. The summed E-state index contributed by atoms with van der Waals surface area (Å²) in [4.78, 5) is 12.0. The molecule has 2 aliphatic rings. The summed E-state index contributed by atoms with van der Waals surface area (Å²) in [5.74, 6) is 3.17. The largest absolute Gasteiger partial charge is 0.494 e. The molecule has 3 aromatic rings. The van der Waals surface area contributed by atoms with Crippen molar-refractivity contribution in [3.63, 3.8) is 0 Å². The quantitative estimate of drug-likeness (QED) is 0.519. The first-order valence-electron chi connectivity index (χ1n) is 10.6. The Morgan fingerprint density at radius 2 is 1.84 bits per heavy atom. The second-order valence-electron chi connectivity index (χ2n) is 7.88. The molecular formula is C24H24FN3O3S. The Morgan fingerprint density at radius 1 is 1.09 bits per heavy atom. The molecule has 0 saturated carbocycles. The summed E-state index contributed by atoms with van der Waals surface area (Å²) in [6.07, 6.45) is 5.25. The molecular weight excluding hydrogens is 429 g/mol. The molecule has 5 rings (SSSR count). The minimum atomic E-state index is -0.345. The molecule has 2 aliphatic heterocycles. The molecule has 3 heterocycles. The van der Waals surface area contributed by atoms with E-state index in [2.05, 4.69) is 14.9 Å². The topological polar surface area (TPSA) is 56.7 Å². The zero-order valence-corrected chi connectivity index (χ0v) is 18.6. The van der Waals surface area contributed by atoms with E-state index < -0.39 is 0 Å². The van der Waals surface area contributed by atoms with Crippen molar-refractivity contribution >= 4 is 17.7 Å². The minimum absolute atomic E-state index is 0.294. The Labute approximate surface area is 190 Å². The van der Waals surface area contributed by atoms with E-state index in [0.717, 1.165) is 47.7 Å². The van der Waals surface area contributed by atoms with Crippen LogP contribution in [0.25, 0.3) is 11.1 Å². The van der Waals surface area contributed by atoms with Crippen LogP contribution in [0.3, 0.4) is 0 Å². The molecule has 0 unspecified atom stereocenters. The van der Waals surface area contributed by atoms with Gasteiger partial charge in [-0.05, 0) is 54.2 Å². The molecule has 32 heavy (non-hydrogen) atoms. The van der Waals surface area contributed by atoms with Gasteiger partial charge >= 0.3 is 0 Å². The number of fused-ring (bicyclic) bond motifs is 1. The van der Waals surface area contributed by atoms with Gasteiger partial charge in [0.15, 0.2) is 17.3 Å². The van der Waals surface area contributed by atoms with Crippen molar-refractivity contribution < 1.29 is 18.6 Å². The van der Waals surface area contributed by atoms with E-state index >= 15 is 0 Å². The average Bonchev–Trinajstić information content (AvgIpc) is 3.32. The second-order valence-corrected chi connectivity index (χ2v) is 8.84. The van der Waals surface area contributed by atoms with Gasteiger partial charge in [-0.15, -0.1) is 0 Å². The third-order valence-corrected chi connectivity index (χ3v) is 6.74. The van der Waals surface area contributed by atoms with Crippen molar-refractivity contribution in [2.75, 3.05) is 37.6 Å². The van der Waals surface area contributed by atoms with Gasteiger partial charge in [-0.3, -0.25) is 0 Å². The van der Waals surface area contributed by atoms with Crippen molar-refractivity contribution in [2.45, 2.75) is 17.7 Å². The number of hydrogen-bond donors (Lipinski definition) is 0. The standard InChI is InChI=1S/C24H24FN3O3S/c1-29-19-12-26-24(27-13-19)28-8-6-16(7-9-28)14-30-21-4-2-17(10-20(21)25)18-3-5-23-22(11-18)31-15-32-23/h2-5,10-13,16H,6-9,14-15H2,1H3. The van der Waals surface area contributed by atoms with Gasteiger partial charge in [-0.25, -0.2) is 14.4 Å². The van der Waals surface area contributed by atoms with Gasteiger partial charge in [0.25, 0.3) is 0 Å². The molecule has 8 heteroatoms. The van der Waals surface area contributed by atoms with Gasteiger partial charge in [0.1, 0.15) is 11.7 Å². The molecule has 0 spiro atoms. The van der Waals surface area contributed by atoms with Crippen molar-refractivity contribution in [1.82, 2.24) is 9.97 Å². The van der Waals surface area contributed by atoms with E-state index in [-0.39, 0.29) is 5.82 Å². The number of halogens is 1. The Kier molecular flexibility index (Phi) is 6.03. The lowest BCUT2D eigenvalue weighted by Gasteiger charge is -2.31. The summed E-state index contributed by atoms with van der Waals surface area (Å²) in [5, 5.41) is 0. The summed E-state index contributed by atoms with van der Waals surface area (Å²) in [7, 11) is 1.60. The third-order valence-electron chi connectivity index (χ3n) is 5.86. The fourth-order valence-corrected chi connectivity index (χ4v) is 4.70. The fraction of sp³-hybridized carbons (Fsp3) is 0.333. The lowest BCUT2D eigenvalue weighted by atomic mass is 9.98. The molecule has 0 aliphatic carbocycles. The first-order chi connectivity index (χ1) is 15.7. The predicted molar refractivity (Wildman–Crippen MR) is 122 cm³/mol. The highest BCUT2D eigenvalue weighted by molar-refractivity contribution is 7.99. The van der Waals surface area contributed by atoms with Crippen LogP contribution in [0.2, 0.25) is 0 Å². The third kappa shape index (κ3) is 4.46. The number of rotatable bonds is 6. The van der Waals surface area contributed by atoms with E-state index in [4.69, 9.17) is 14.2 Å². The lowest BCUT2D eigenvalue weighted by molar-refractivity contribution is 0.215. The summed E-state index contributed by atoms with van der Waals surface area (Å²) in [5.41, 5.74) is 1.75. The van der Waals surface area contributed by atoms with Crippen LogP contribution in [-0.2, 0) is 0 Å². The number of hydrogen-bond acceptors (Lipinski definition) is 7. The second kappa shape index (κ2) is 9.24. The molecule has 1 fully saturated rings. The van der Waals surface area contributed by atoms with Crippen molar-refractivity contribution in [3.05, 3.63) is 54.6 Å². The van der Waals surface area contributed by atoms with Crippen LogP contribution < -0.4 is 19.1 Å². The number of piperidine rings is 1. The smallest absolute Gasteiger partial charge is 0.225 e. The number of aromatic nitrogens is 2. The maximum Gasteiger partial charge on any atom is 0.225 e. The van der Waals surface area contributed by atoms with E-state index in [1.165, 1.54) is 6.07 Å². The number of ether oxygens (including phenoxy) is 3. The summed E-state index contributed by atoms with van der Waals surface area (Å²) >= 11 is 1.67. The summed E-state index contributed by atoms with van der Waals surface area (Å²) in [6.45, 7) is 2.19. The first-order valence-corrected chi connectivity index (χ1v) is 11.6. The highest BCUT2D eigenvalue weighted by Crippen LogP contribution is 2.39. The van der Waals surface area contributed by atoms with E-state index in [1.54, 1.807) is 37.3 Å². The molecule has 0 atom stereocenters. The molecule has 166 valence electrons. The molecule has 6 nitrogen and oxygen atoms in total. The Balaban J connectivity index is 1.16. The molecule has 1 saturated heterocycles. The van der Waals surface area contributed by atoms with Gasteiger partial charge in [0.05, 0.1) is 31.0 Å². The number of anilines is 1. The molecule has 0 N–H and O–H groups in total. The average molecular weight is 454 g/mol. The van der Waals surface area contributed by atoms with E-state index in [9.17, 15) is 4.39 Å².